The Morgan fingerprint density at radius 3 is 2.60 bits per heavy atom. The maximum absolute atomic E-state index is 10.9. The molecule has 1 aromatic carbocycles. The van der Waals surface area contributed by atoms with Crippen molar-refractivity contribution in [1.82, 2.24) is 0 Å². The Hall–Kier alpha value is -0.260. The van der Waals surface area contributed by atoms with Crippen LogP contribution in [0, 0.1) is 3.57 Å². The van der Waals surface area contributed by atoms with E-state index in [2.05, 4.69) is 26.8 Å². The first kappa shape index (κ1) is 16.1. The topological polar surface area (TPSA) is 87.9 Å². The normalized spacial score (nSPS) is 25.8. The zero-order chi connectivity index (χ0) is 15.0. The molecule has 1 aliphatic heterocycles. The third kappa shape index (κ3) is 4.12. The molecule has 0 unspecified atom stereocenters. The third-order valence-corrected chi connectivity index (χ3v) is 4.24. The first-order valence-electron chi connectivity index (χ1n) is 5.95. The van der Waals surface area contributed by atoms with E-state index in [9.17, 15) is 8.42 Å². The van der Waals surface area contributed by atoms with E-state index in [1.807, 2.05) is 24.3 Å². The van der Waals surface area contributed by atoms with Gasteiger partial charge in [0, 0.05) is 3.57 Å². The highest BCUT2D eigenvalue weighted by Crippen LogP contribution is 2.39. The molecule has 0 aliphatic carbocycles. The molecule has 8 heteroatoms. The van der Waals surface area contributed by atoms with E-state index >= 15 is 0 Å². The average Bonchev–Trinajstić information content (AvgIpc) is 2.62. The molecular weight excluding hydrogens is 397 g/mol. The largest absolute Gasteiger partial charge is 0.342 e. The van der Waals surface area contributed by atoms with Gasteiger partial charge in [0.15, 0.2) is 5.79 Å². The van der Waals surface area contributed by atoms with Crippen molar-refractivity contribution in [2.75, 3.05) is 6.61 Å². The summed E-state index contributed by atoms with van der Waals surface area (Å²) in [6.07, 6.45) is -0.945. The van der Waals surface area contributed by atoms with Crippen LogP contribution in [0.3, 0.4) is 0 Å². The van der Waals surface area contributed by atoms with Crippen molar-refractivity contribution in [2.24, 2.45) is 5.14 Å². The third-order valence-electron chi connectivity index (χ3n) is 2.79. The number of benzene rings is 1. The summed E-state index contributed by atoms with van der Waals surface area (Å²) in [5.41, 5.74) is 0.932. The van der Waals surface area contributed by atoms with Gasteiger partial charge in [-0.3, -0.25) is 4.18 Å². The molecule has 1 fully saturated rings. The molecule has 1 aromatic rings. The van der Waals surface area contributed by atoms with Crippen LogP contribution in [0.1, 0.15) is 25.5 Å². The van der Waals surface area contributed by atoms with Gasteiger partial charge in [0.1, 0.15) is 12.2 Å². The Kier molecular flexibility index (Phi) is 4.72. The molecule has 0 amide bonds. The van der Waals surface area contributed by atoms with Crippen LogP contribution >= 0.6 is 22.6 Å². The summed E-state index contributed by atoms with van der Waals surface area (Å²) in [6.45, 7) is 3.36. The quantitative estimate of drug-likeness (QED) is 0.760. The zero-order valence-electron chi connectivity index (χ0n) is 11.1. The Labute approximate surface area is 132 Å². The molecule has 1 aliphatic rings. The van der Waals surface area contributed by atoms with E-state index in [0.29, 0.717) is 0 Å². The van der Waals surface area contributed by atoms with Crippen LogP contribution in [0.4, 0.5) is 0 Å². The predicted molar refractivity (Wildman–Crippen MR) is 81.0 cm³/mol. The van der Waals surface area contributed by atoms with Crippen molar-refractivity contribution in [2.45, 2.75) is 31.8 Å². The van der Waals surface area contributed by atoms with Gasteiger partial charge in [-0.25, -0.2) is 5.14 Å². The van der Waals surface area contributed by atoms with Gasteiger partial charge in [-0.2, -0.15) is 8.42 Å². The molecule has 2 N–H and O–H groups in total. The van der Waals surface area contributed by atoms with E-state index in [1.165, 1.54) is 0 Å². The summed E-state index contributed by atoms with van der Waals surface area (Å²) < 4.78 is 39.0. The first-order chi connectivity index (χ1) is 9.18. The lowest BCUT2D eigenvalue weighted by atomic mass is 10.1. The number of hydrogen-bond acceptors (Lipinski definition) is 5. The van der Waals surface area contributed by atoms with E-state index in [1.54, 1.807) is 13.8 Å². The fourth-order valence-electron chi connectivity index (χ4n) is 2.09. The average molecular weight is 413 g/mol. The molecule has 0 bridgehead atoms. The second kappa shape index (κ2) is 5.85. The minimum Gasteiger partial charge on any atom is -0.342 e. The summed E-state index contributed by atoms with van der Waals surface area (Å²) in [5.74, 6) is -0.810. The van der Waals surface area contributed by atoms with Gasteiger partial charge < -0.3 is 9.47 Å². The fraction of sp³-hybridized carbons (Fsp3) is 0.500. The molecule has 0 spiro atoms. The van der Waals surface area contributed by atoms with Crippen LogP contribution in [0.5, 0.6) is 0 Å². The van der Waals surface area contributed by atoms with Crippen LogP contribution in [-0.4, -0.2) is 26.9 Å². The maximum atomic E-state index is 10.9. The molecule has 1 heterocycles. The number of hydrogen-bond donors (Lipinski definition) is 1. The number of nitrogens with two attached hydrogens (primary N) is 1. The standard InChI is InChI=1S/C12H16INO5S/c1-12(2)18-10(7-17-20(14,15)16)11(19-12)8-5-3-4-6-9(8)13/h3-6,10-11H,7H2,1-2H3,(H2,14,15,16)/t10-,11-/m0/s1. The van der Waals surface area contributed by atoms with Crippen LogP contribution in [0.15, 0.2) is 24.3 Å². The molecule has 2 atom stereocenters. The maximum Gasteiger partial charge on any atom is 0.333 e. The van der Waals surface area contributed by atoms with E-state index in [-0.39, 0.29) is 6.61 Å². The van der Waals surface area contributed by atoms with Crippen LogP contribution < -0.4 is 5.14 Å². The van der Waals surface area contributed by atoms with Gasteiger partial charge in [0.25, 0.3) is 0 Å². The van der Waals surface area contributed by atoms with E-state index in [0.717, 1.165) is 9.13 Å². The smallest absolute Gasteiger partial charge is 0.333 e. The minimum atomic E-state index is -4.00. The predicted octanol–water partition coefficient (Wildman–Crippen LogP) is 1.70. The number of halogens is 1. The van der Waals surface area contributed by atoms with Crippen LogP contribution in [0.25, 0.3) is 0 Å². The molecule has 1 saturated heterocycles. The Balaban J connectivity index is 2.23. The summed E-state index contributed by atoms with van der Waals surface area (Å²) in [5, 5.41) is 4.85. The lowest BCUT2D eigenvalue weighted by Crippen LogP contribution is -2.28. The lowest BCUT2D eigenvalue weighted by molar-refractivity contribution is -0.148. The van der Waals surface area contributed by atoms with Gasteiger partial charge in [0.2, 0.25) is 0 Å². The summed E-state index contributed by atoms with van der Waals surface area (Å²) >= 11 is 2.20. The number of ether oxygens (including phenoxy) is 2. The van der Waals surface area contributed by atoms with Crippen LogP contribution in [-0.2, 0) is 24.0 Å². The van der Waals surface area contributed by atoms with Crippen molar-refractivity contribution in [1.29, 1.82) is 0 Å². The lowest BCUT2D eigenvalue weighted by Gasteiger charge is -2.18. The highest BCUT2D eigenvalue weighted by molar-refractivity contribution is 14.1. The summed E-state index contributed by atoms with van der Waals surface area (Å²) in [6, 6.07) is 7.68. The molecule has 112 valence electrons. The fourth-order valence-corrected chi connectivity index (χ4v) is 3.11. The Bertz CT molecular complexity index is 589. The molecule has 20 heavy (non-hydrogen) atoms. The molecule has 0 radical (unpaired) electrons. The van der Waals surface area contributed by atoms with Gasteiger partial charge in [-0.05, 0) is 48.1 Å². The summed E-state index contributed by atoms with van der Waals surface area (Å²) in [4.78, 5) is 0. The Morgan fingerprint density at radius 2 is 2.00 bits per heavy atom. The second-order valence-corrected chi connectivity index (χ2v) is 7.28. The minimum absolute atomic E-state index is 0.183. The Morgan fingerprint density at radius 1 is 1.35 bits per heavy atom. The monoisotopic (exact) mass is 413 g/mol. The van der Waals surface area contributed by atoms with Crippen molar-refractivity contribution < 1.29 is 22.1 Å². The van der Waals surface area contributed by atoms with Crippen LogP contribution in [0.2, 0.25) is 0 Å². The first-order valence-corrected chi connectivity index (χ1v) is 8.50. The zero-order valence-corrected chi connectivity index (χ0v) is 14.1. The number of rotatable bonds is 4. The van der Waals surface area contributed by atoms with E-state index in [4.69, 9.17) is 14.6 Å². The molecule has 0 saturated carbocycles. The van der Waals surface area contributed by atoms with Crippen molar-refractivity contribution in [3.63, 3.8) is 0 Å². The van der Waals surface area contributed by atoms with Gasteiger partial charge >= 0.3 is 10.3 Å². The molecule has 0 aromatic heterocycles. The van der Waals surface area contributed by atoms with Crippen molar-refractivity contribution in [3.05, 3.63) is 33.4 Å². The van der Waals surface area contributed by atoms with Gasteiger partial charge in [-0.1, -0.05) is 18.2 Å². The highest BCUT2D eigenvalue weighted by Gasteiger charge is 2.43. The highest BCUT2D eigenvalue weighted by atomic mass is 127. The van der Waals surface area contributed by atoms with Crippen molar-refractivity contribution >= 4 is 32.9 Å². The summed E-state index contributed by atoms with van der Waals surface area (Å²) in [7, 11) is -4.00. The van der Waals surface area contributed by atoms with Gasteiger partial charge in [-0.15, -0.1) is 0 Å². The molecular formula is C12H16INO5S. The second-order valence-electron chi connectivity index (χ2n) is 4.89. The van der Waals surface area contributed by atoms with E-state index < -0.39 is 28.3 Å². The molecule has 2 rings (SSSR count). The SMILES string of the molecule is CC1(C)O[C@@H](COS(N)(=O)=O)[C@H](c2ccccc2I)O1. The van der Waals surface area contributed by atoms with Crippen molar-refractivity contribution in [3.8, 4) is 0 Å². The molecule has 6 nitrogen and oxygen atoms in total. The van der Waals surface area contributed by atoms with Gasteiger partial charge in [0.05, 0.1) is 6.61 Å².